The molecule has 8 aromatic rings. The predicted octanol–water partition coefficient (Wildman–Crippen LogP) is 15.5. The fraction of sp³-hybridized carbons (Fsp3) is 0.345. The molecule has 0 amide bonds. The lowest BCUT2D eigenvalue weighted by Gasteiger charge is -2.36. The van der Waals surface area contributed by atoms with E-state index in [4.69, 9.17) is 0 Å². The molecule has 3 heterocycles. The number of aromatic nitrogens is 2. The maximum atomic E-state index is 3.87. The van der Waals surface area contributed by atoms with Crippen LogP contribution in [0.5, 0.6) is 0 Å². The molecule has 3 heteroatoms. The zero-order valence-electron chi connectivity index (χ0n) is 37.3. The molecule has 6 aromatic carbocycles. The standard InChI is InChI=1S/C55H61N3/c1-51(2,3)33-15-23-47-39(27-33)40-28-34(52(4,5)6)16-24-48(40)57(47)37-19-21-45-43(31-37)55(13,14)44-32-38(20-22-46(44)56-45)58-49-25-17-35(53(7,8)9)29-41(49)42-30-36(54(10,11)12)18-26-50(42)58/h15-32,56H,1-14H3. The van der Waals surface area contributed by atoms with E-state index in [-0.39, 0.29) is 27.1 Å². The SMILES string of the molecule is CC(C)(C)c1ccc2c(c1)c1cc(C(C)(C)C)ccc1n2-c1ccc2c(c1)C(C)(C)c1cc(-n3c4ccc(C(C)(C)C)cc4c4cc(C(C)(C)C)ccc43)ccc1N2. The van der Waals surface area contributed by atoms with Crippen molar-refractivity contribution < 1.29 is 0 Å². The Balaban J connectivity index is 1.21. The third kappa shape index (κ3) is 5.99. The van der Waals surface area contributed by atoms with Gasteiger partial charge in [0, 0.05) is 49.7 Å². The lowest BCUT2D eigenvalue weighted by molar-refractivity contribution is 0.590. The highest BCUT2D eigenvalue weighted by atomic mass is 15.0. The minimum atomic E-state index is -0.267. The molecular weight excluding hydrogens is 703 g/mol. The van der Waals surface area contributed by atoms with Gasteiger partial charge < -0.3 is 14.5 Å². The first-order valence-electron chi connectivity index (χ1n) is 21.3. The van der Waals surface area contributed by atoms with E-state index >= 15 is 0 Å². The summed E-state index contributed by atoms with van der Waals surface area (Å²) in [5.41, 5.74) is 17.7. The molecule has 0 saturated heterocycles. The van der Waals surface area contributed by atoms with Gasteiger partial charge in [-0.25, -0.2) is 0 Å². The molecule has 0 atom stereocenters. The van der Waals surface area contributed by atoms with E-state index in [0.717, 1.165) is 0 Å². The Morgan fingerprint density at radius 2 is 0.638 bits per heavy atom. The summed E-state index contributed by atoms with van der Waals surface area (Å²) < 4.78 is 4.98. The lowest BCUT2D eigenvalue weighted by atomic mass is 9.74. The van der Waals surface area contributed by atoms with E-state index in [0.29, 0.717) is 0 Å². The van der Waals surface area contributed by atoms with E-state index in [1.807, 2.05) is 0 Å². The Morgan fingerprint density at radius 1 is 0.362 bits per heavy atom. The number of rotatable bonds is 2. The van der Waals surface area contributed by atoms with E-state index in [1.54, 1.807) is 0 Å². The fourth-order valence-electron chi connectivity index (χ4n) is 9.35. The van der Waals surface area contributed by atoms with Crippen molar-refractivity contribution in [2.24, 2.45) is 0 Å². The molecule has 0 spiro atoms. The molecular formula is C55H61N3. The van der Waals surface area contributed by atoms with Crippen molar-refractivity contribution >= 4 is 55.0 Å². The summed E-state index contributed by atoms with van der Waals surface area (Å²) in [6, 6.07) is 42.5. The van der Waals surface area contributed by atoms with Crippen molar-refractivity contribution in [1.29, 1.82) is 0 Å². The van der Waals surface area contributed by atoms with Gasteiger partial charge in [-0.15, -0.1) is 0 Å². The van der Waals surface area contributed by atoms with Crippen LogP contribution in [0.1, 0.15) is 130 Å². The number of nitrogens with one attached hydrogen (secondary N) is 1. The van der Waals surface area contributed by atoms with Gasteiger partial charge in [-0.3, -0.25) is 0 Å². The predicted molar refractivity (Wildman–Crippen MR) is 252 cm³/mol. The molecule has 296 valence electrons. The Kier molecular flexibility index (Phi) is 8.16. The average molecular weight is 764 g/mol. The second-order valence-electron chi connectivity index (χ2n) is 21.8. The molecule has 0 saturated carbocycles. The first-order valence-corrected chi connectivity index (χ1v) is 21.3. The summed E-state index contributed by atoms with van der Waals surface area (Å²) in [4.78, 5) is 0. The summed E-state index contributed by atoms with van der Waals surface area (Å²) >= 11 is 0. The van der Waals surface area contributed by atoms with Gasteiger partial charge in [-0.2, -0.15) is 0 Å². The molecule has 1 aliphatic heterocycles. The summed E-state index contributed by atoms with van der Waals surface area (Å²) in [5, 5.41) is 9.12. The van der Waals surface area contributed by atoms with Crippen LogP contribution in [0.2, 0.25) is 0 Å². The zero-order valence-corrected chi connectivity index (χ0v) is 37.3. The molecule has 0 aliphatic carbocycles. The smallest absolute Gasteiger partial charge is 0.0541 e. The van der Waals surface area contributed by atoms with E-state index in [2.05, 4.69) is 221 Å². The topological polar surface area (TPSA) is 21.9 Å². The van der Waals surface area contributed by atoms with Crippen LogP contribution in [0.4, 0.5) is 11.4 Å². The number of benzene rings is 6. The van der Waals surface area contributed by atoms with Crippen molar-refractivity contribution in [2.75, 3.05) is 5.32 Å². The quantitative estimate of drug-likeness (QED) is 0.186. The van der Waals surface area contributed by atoms with Crippen LogP contribution in [-0.2, 0) is 27.1 Å². The molecule has 0 unspecified atom stereocenters. The van der Waals surface area contributed by atoms with Gasteiger partial charge in [0.1, 0.15) is 0 Å². The molecule has 3 nitrogen and oxygen atoms in total. The van der Waals surface area contributed by atoms with Crippen LogP contribution in [0, 0.1) is 0 Å². The second kappa shape index (κ2) is 12.4. The number of hydrogen-bond donors (Lipinski definition) is 1. The molecule has 0 fully saturated rings. The van der Waals surface area contributed by atoms with Crippen molar-refractivity contribution in [3.63, 3.8) is 0 Å². The maximum Gasteiger partial charge on any atom is 0.0541 e. The summed E-state index contributed by atoms with van der Waals surface area (Å²) in [6.07, 6.45) is 0. The van der Waals surface area contributed by atoms with Crippen molar-refractivity contribution in [2.45, 2.75) is 124 Å². The molecule has 0 bridgehead atoms. The van der Waals surface area contributed by atoms with Gasteiger partial charge in [-0.05, 0) is 140 Å². The van der Waals surface area contributed by atoms with Crippen LogP contribution in [0.25, 0.3) is 55.0 Å². The molecule has 58 heavy (non-hydrogen) atoms. The third-order valence-electron chi connectivity index (χ3n) is 13.1. The third-order valence-corrected chi connectivity index (χ3v) is 13.1. The molecule has 2 aromatic heterocycles. The van der Waals surface area contributed by atoms with Crippen molar-refractivity contribution in [3.8, 4) is 11.4 Å². The van der Waals surface area contributed by atoms with Gasteiger partial charge in [0.2, 0.25) is 0 Å². The molecule has 0 radical (unpaired) electrons. The first-order chi connectivity index (χ1) is 27.0. The van der Waals surface area contributed by atoms with Crippen LogP contribution >= 0.6 is 0 Å². The van der Waals surface area contributed by atoms with Crippen molar-refractivity contribution in [3.05, 3.63) is 143 Å². The first kappa shape index (κ1) is 38.2. The van der Waals surface area contributed by atoms with Crippen LogP contribution in [0.3, 0.4) is 0 Å². The molecule has 9 rings (SSSR count). The average Bonchev–Trinajstić information content (AvgIpc) is 3.65. The van der Waals surface area contributed by atoms with Gasteiger partial charge in [-0.1, -0.05) is 121 Å². The van der Waals surface area contributed by atoms with Gasteiger partial charge in [0.25, 0.3) is 0 Å². The minimum Gasteiger partial charge on any atom is -0.355 e. The Bertz CT molecular complexity index is 2630. The zero-order chi connectivity index (χ0) is 41.5. The Labute approximate surface area is 346 Å². The van der Waals surface area contributed by atoms with Crippen LogP contribution in [0.15, 0.2) is 109 Å². The van der Waals surface area contributed by atoms with E-state index in [1.165, 1.54) is 99.7 Å². The highest BCUT2D eigenvalue weighted by molar-refractivity contribution is 6.11. The molecule has 1 N–H and O–H groups in total. The summed E-state index contributed by atoms with van der Waals surface area (Å²) in [6.45, 7) is 32.5. The fourth-order valence-corrected chi connectivity index (χ4v) is 9.35. The number of hydrogen-bond acceptors (Lipinski definition) is 1. The highest BCUT2D eigenvalue weighted by Crippen LogP contribution is 2.48. The lowest BCUT2D eigenvalue weighted by Crippen LogP contribution is -2.26. The number of nitrogens with zero attached hydrogens (tertiary/aromatic N) is 2. The van der Waals surface area contributed by atoms with Crippen LogP contribution < -0.4 is 5.32 Å². The van der Waals surface area contributed by atoms with Crippen LogP contribution in [-0.4, -0.2) is 9.13 Å². The maximum absolute atomic E-state index is 3.87. The monoisotopic (exact) mass is 763 g/mol. The summed E-state index contributed by atoms with van der Waals surface area (Å²) in [7, 11) is 0. The largest absolute Gasteiger partial charge is 0.355 e. The van der Waals surface area contributed by atoms with E-state index in [9.17, 15) is 0 Å². The van der Waals surface area contributed by atoms with Gasteiger partial charge in [0.15, 0.2) is 0 Å². The van der Waals surface area contributed by atoms with E-state index < -0.39 is 0 Å². The number of fused-ring (bicyclic) bond motifs is 8. The normalized spacial score (nSPS) is 14.7. The second-order valence-corrected chi connectivity index (χ2v) is 21.8. The molecule has 1 aliphatic rings. The van der Waals surface area contributed by atoms with Gasteiger partial charge in [0.05, 0.1) is 22.1 Å². The van der Waals surface area contributed by atoms with Gasteiger partial charge >= 0.3 is 0 Å². The number of anilines is 2. The minimum absolute atomic E-state index is 0.0575. The Morgan fingerprint density at radius 3 is 0.897 bits per heavy atom. The summed E-state index contributed by atoms with van der Waals surface area (Å²) in [5.74, 6) is 0. The highest BCUT2D eigenvalue weighted by Gasteiger charge is 2.34. The van der Waals surface area contributed by atoms with Crippen molar-refractivity contribution in [1.82, 2.24) is 9.13 Å². The Hall–Kier alpha value is -5.28.